The van der Waals surface area contributed by atoms with Gasteiger partial charge in [0.2, 0.25) is 0 Å². The standard InChI is InChI=1S/C49H62N4O.Pt/c1-31-25-36(52-41-23-22-34(45(4,5)6)28-40(41)47(10,11)39-21-18-24-50-44(39)52)29-37(26-31)54-42-30-38(32(2)27-33(42)3)43-51-49(14,46(7,8)9)48(12,13)53(43)35-19-16-15-17-20-35;/h18,21-28,35H,15-17,19-20H2,1-14H3;/q-2;+2/t49-;/m1./s1. The smallest absolute Gasteiger partial charge is 0.503 e. The molecule has 0 bridgehead atoms. The summed E-state index contributed by atoms with van der Waals surface area (Å²) in [6.07, 6.45) is 8.14. The number of benzene rings is 3. The van der Waals surface area contributed by atoms with Gasteiger partial charge in [0, 0.05) is 46.2 Å². The zero-order chi connectivity index (χ0) is 39.2. The summed E-state index contributed by atoms with van der Waals surface area (Å²) in [6, 6.07) is 25.7. The van der Waals surface area contributed by atoms with Crippen LogP contribution >= 0.6 is 0 Å². The molecule has 1 atom stereocenters. The molecule has 3 heterocycles. The second-order valence-corrected chi connectivity index (χ2v) is 19.6. The topological polar surface area (TPSA) is 41.0 Å². The Balaban J connectivity index is 0.00000514. The van der Waals surface area contributed by atoms with Crippen LogP contribution < -0.4 is 9.64 Å². The number of hydrogen-bond acceptors (Lipinski definition) is 5. The van der Waals surface area contributed by atoms with Gasteiger partial charge < -0.3 is 19.5 Å². The van der Waals surface area contributed by atoms with Crippen molar-refractivity contribution in [1.29, 1.82) is 0 Å². The number of hydrogen-bond donors (Lipinski definition) is 0. The fourth-order valence-electron chi connectivity index (χ4n) is 9.46. The zero-order valence-electron chi connectivity index (χ0n) is 35.8. The summed E-state index contributed by atoms with van der Waals surface area (Å²) in [5.74, 6) is 3.36. The number of aryl methyl sites for hydroxylation is 3. The maximum absolute atomic E-state index is 6.88. The van der Waals surface area contributed by atoms with Crippen LogP contribution in [0.1, 0.15) is 147 Å². The van der Waals surface area contributed by atoms with Crippen LogP contribution in [0, 0.1) is 38.3 Å². The van der Waals surface area contributed by atoms with Crippen molar-refractivity contribution in [2.24, 2.45) is 10.4 Å². The van der Waals surface area contributed by atoms with Crippen molar-refractivity contribution in [3.8, 4) is 11.5 Å². The molecule has 0 unspecified atom stereocenters. The fourth-order valence-corrected chi connectivity index (χ4v) is 9.46. The third kappa shape index (κ3) is 6.89. The maximum Gasteiger partial charge on any atom is 2.00 e. The number of amidine groups is 1. The molecule has 1 aliphatic carbocycles. The molecule has 0 radical (unpaired) electrons. The first-order valence-corrected chi connectivity index (χ1v) is 20.2. The summed E-state index contributed by atoms with van der Waals surface area (Å²) in [7, 11) is 0. The average Bonchev–Trinajstić information content (AvgIpc) is 3.31. The Labute approximate surface area is 346 Å². The average molecular weight is 918 g/mol. The minimum Gasteiger partial charge on any atom is -0.503 e. The van der Waals surface area contributed by atoms with Crippen LogP contribution in [0.5, 0.6) is 11.5 Å². The van der Waals surface area contributed by atoms with E-state index in [9.17, 15) is 0 Å². The normalized spacial score (nSPS) is 20.7. The molecular weight excluding hydrogens is 856 g/mol. The van der Waals surface area contributed by atoms with E-state index in [0.29, 0.717) is 17.5 Å². The van der Waals surface area contributed by atoms with E-state index in [1.807, 2.05) is 6.20 Å². The van der Waals surface area contributed by atoms with E-state index in [1.165, 1.54) is 54.4 Å². The van der Waals surface area contributed by atoms with Crippen LogP contribution in [-0.2, 0) is 31.9 Å². The Bertz CT molecular complexity index is 2130. The van der Waals surface area contributed by atoms with E-state index < -0.39 is 0 Å². The zero-order valence-corrected chi connectivity index (χ0v) is 38.1. The molecular formula is C49H62N4OPt. The van der Waals surface area contributed by atoms with E-state index >= 15 is 0 Å². The predicted molar refractivity (Wildman–Crippen MR) is 225 cm³/mol. The summed E-state index contributed by atoms with van der Waals surface area (Å²) in [6.45, 7) is 32.1. The molecule has 6 heteroatoms. The first kappa shape index (κ1) is 41.2. The van der Waals surface area contributed by atoms with Gasteiger partial charge in [-0.1, -0.05) is 131 Å². The number of aromatic nitrogens is 1. The van der Waals surface area contributed by atoms with Crippen molar-refractivity contribution in [1.82, 2.24) is 9.88 Å². The summed E-state index contributed by atoms with van der Waals surface area (Å²) < 4.78 is 6.88. The van der Waals surface area contributed by atoms with Crippen LogP contribution in [0.15, 0.2) is 59.7 Å². The van der Waals surface area contributed by atoms with Gasteiger partial charge in [-0.05, 0) is 67.7 Å². The third-order valence-electron chi connectivity index (χ3n) is 13.3. The largest absolute Gasteiger partial charge is 2.00 e. The van der Waals surface area contributed by atoms with Gasteiger partial charge in [-0.3, -0.25) is 0 Å². The summed E-state index contributed by atoms with van der Waals surface area (Å²) >= 11 is 0. The number of ether oxygens (including phenoxy) is 1. The van der Waals surface area contributed by atoms with Gasteiger partial charge in [-0.25, -0.2) is 4.98 Å². The van der Waals surface area contributed by atoms with Gasteiger partial charge in [0.25, 0.3) is 0 Å². The number of aliphatic imine (C=N–C) groups is 1. The van der Waals surface area contributed by atoms with Crippen LogP contribution in [0.2, 0.25) is 0 Å². The second-order valence-electron chi connectivity index (χ2n) is 19.6. The van der Waals surface area contributed by atoms with Gasteiger partial charge in [0.15, 0.2) is 0 Å². The van der Waals surface area contributed by atoms with Crippen LogP contribution in [-0.4, -0.2) is 32.8 Å². The van der Waals surface area contributed by atoms with Crippen molar-refractivity contribution in [3.05, 3.63) is 106 Å². The van der Waals surface area contributed by atoms with Gasteiger partial charge in [0.1, 0.15) is 5.82 Å². The van der Waals surface area contributed by atoms with Gasteiger partial charge in [-0.2, -0.15) is 5.56 Å². The number of nitrogens with zero attached hydrogens (tertiary/aromatic N) is 4. The van der Waals surface area contributed by atoms with E-state index in [-0.39, 0.29) is 48.4 Å². The predicted octanol–water partition coefficient (Wildman–Crippen LogP) is 12.8. The van der Waals surface area contributed by atoms with Gasteiger partial charge in [-0.15, -0.1) is 35.4 Å². The minimum absolute atomic E-state index is 0. The molecule has 0 amide bonds. The molecule has 0 spiro atoms. The molecule has 1 saturated carbocycles. The maximum atomic E-state index is 6.88. The second kappa shape index (κ2) is 14.2. The molecule has 2 aliphatic heterocycles. The molecule has 7 rings (SSSR count). The number of fused-ring (bicyclic) bond motifs is 2. The van der Waals surface area contributed by atoms with Crippen molar-refractivity contribution in [2.45, 2.75) is 157 Å². The molecule has 1 fully saturated rings. The minimum atomic E-state index is -0.296. The molecule has 55 heavy (non-hydrogen) atoms. The summed E-state index contributed by atoms with van der Waals surface area (Å²) in [5, 5.41) is 0. The molecule has 0 saturated heterocycles. The van der Waals surface area contributed by atoms with Crippen molar-refractivity contribution in [2.75, 3.05) is 4.90 Å². The monoisotopic (exact) mass is 917 g/mol. The molecule has 3 aromatic carbocycles. The molecule has 5 nitrogen and oxygen atoms in total. The fraction of sp³-hybridized carbons (Fsp3) is 0.510. The Morgan fingerprint density at radius 3 is 2.15 bits per heavy atom. The molecule has 294 valence electrons. The number of rotatable bonds is 5. The molecule has 1 aromatic heterocycles. The Morgan fingerprint density at radius 2 is 1.49 bits per heavy atom. The first-order valence-electron chi connectivity index (χ1n) is 20.2. The van der Waals surface area contributed by atoms with Crippen LogP contribution in [0.25, 0.3) is 0 Å². The molecule has 0 N–H and O–H groups in total. The summed E-state index contributed by atoms with van der Waals surface area (Å²) in [4.78, 5) is 15.6. The molecule has 4 aromatic rings. The Hall–Kier alpha value is -3.43. The van der Waals surface area contributed by atoms with Crippen molar-refractivity contribution < 1.29 is 25.8 Å². The van der Waals surface area contributed by atoms with E-state index in [2.05, 4.69) is 167 Å². The van der Waals surface area contributed by atoms with E-state index in [0.717, 1.165) is 39.7 Å². The Kier molecular flexibility index (Phi) is 10.6. The number of anilines is 3. The van der Waals surface area contributed by atoms with Crippen LogP contribution in [0.4, 0.5) is 17.2 Å². The third-order valence-corrected chi connectivity index (χ3v) is 13.3. The Morgan fingerprint density at radius 1 is 0.800 bits per heavy atom. The van der Waals surface area contributed by atoms with Gasteiger partial charge in [0.05, 0.1) is 11.1 Å². The van der Waals surface area contributed by atoms with E-state index in [4.69, 9.17) is 14.7 Å². The number of pyridine rings is 1. The van der Waals surface area contributed by atoms with E-state index in [1.54, 1.807) is 0 Å². The quantitative estimate of drug-likeness (QED) is 0.187. The van der Waals surface area contributed by atoms with Crippen molar-refractivity contribution >= 4 is 23.0 Å². The SMILES string of the molecule is Cc1cc(Oc2[c-]c(C3=N[C@](C)(C(C)(C)C)C(C)(C)N3C3CCCCC3)c(C)cc2C)[c-]c(N2c3ccc(C(C)(C)C)cc3C(C)(C)c3cccnc32)c1.[Pt+2]. The molecule has 3 aliphatic rings. The van der Waals surface area contributed by atoms with Crippen LogP contribution in [0.3, 0.4) is 0 Å². The van der Waals surface area contributed by atoms with Gasteiger partial charge >= 0.3 is 21.1 Å². The summed E-state index contributed by atoms with van der Waals surface area (Å²) in [5.41, 5.74) is 9.45. The first-order chi connectivity index (χ1) is 25.1. The van der Waals surface area contributed by atoms with Crippen molar-refractivity contribution in [3.63, 3.8) is 0 Å².